The van der Waals surface area contributed by atoms with Crippen molar-refractivity contribution >= 4 is 17.3 Å². The van der Waals surface area contributed by atoms with Gasteiger partial charge < -0.3 is 5.11 Å². The first-order chi connectivity index (χ1) is 9.37. The van der Waals surface area contributed by atoms with E-state index in [1.165, 1.54) is 23.5 Å². The number of carboxylic acid groups (broad SMARTS) is 1. The van der Waals surface area contributed by atoms with Crippen molar-refractivity contribution in [2.75, 3.05) is 0 Å². The molecular weight excluding hydrogens is 277 g/mol. The van der Waals surface area contributed by atoms with Gasteiger partial charge in [-0.15, -0.1) is 11.3 Å². The number of halogens is 1. The fraction of sp³-hybridized carbons (Fsp3) is 0.333. The van der Waals surface area contributed by atoms with E-state index in [1.54, 1.807) is 11.4 Å². The summed E-state index contributed by atoms with van der Waals surface area (Å²) >= 11 is 1.45. The van der Waals surface area contributed by atoms with Crippen LogP contribution < -0.4 is 0 Å². The van der Waals surface area contributed by atoms with E-state index in [4.69, 9.17) is 5.11 Å². The average Bonchev–Trinajstić information content (AvgIpc) is 2.76. The van der Waals surface area contributed by atoms with Gasteiger partial charge in [0.25, 0.3) is 0 Å². The number of aromatic nitrogens is 1. The summed E-state index contributed by atoms with van der Waals surface area (Å²) in [6.07, 6.45) is 0.595. The molecule has 106 valence electrons. The van der Waals surface area contributed by atoms with Crippen molar-refractivity contribution in [3.63, 3.8) is 0 Å². The Kier molecular flexibility index (Phi) is 4.18. The van der Waals surface area contributed by atoms with Crippen LogP contribution in [0.1, 0.15) is 30.1 Å². The predicted octanol–water partition coefficient (Wildman–Crippen LogP) is 3.43. The van der Waals surface area contributed by atoms with Crippen LogP contribution in [-0.4, -0.2) is 16.1 Å². The molecule has 0 aliphatic heterocycles. The average molecular weight is 293 g/mol. The molecule has 0 atom stereocenters. The molecular formula is C15H16FNO2S. The highest BCUT2D eigenvalue weighted by Crippen LogP contribution is 2.30. The molecule has 2 aromatic rings. The molecule has 1 aromatic heterocycles. The van der Waals surface area contributed by atoms with Gasteiger partial charge in [-0.2, -0.15) is 0 Å². The zero-order chi connectivity index (χ0) is 14.8. The Balaban J connectivity index is 2.17. The molecule has 1 heterocycles. The minimum Gasteiger partial charge on any atom is -0.481 e. The lowest BCUT2D eigenvalue weighted by molar-refractivity contribution is -0.136. The predicted molar refractivity (Wildman–Crippen MR) is 76.6 cm³/mol. The van der Waals surface area contributed by atoms with Gasteiger partial charge >= 0.3 is 5.97 Å². The van der Waals surface area contributed by atoms with Crippen LogP contribution in [-0.2, 0) is 23.1 Å². The molecule has 0 radical (unpaired) electrons. The van der Waals surface area contributed by atoms with Crippen LogP contribution in [0.25, 0.3) is 0 Å². The molecule has 0 spiro atoms. The molecule has 0 saturated carbocycles. The van der Waals surface area contributed by atoms with Crippen molar-refractivity contribution < 1.29 is 14.3 Å². The highest BCUT2D eigenvalue weighted by Gasteiger charge is 2.25. The maximum atomic E-state index is 13.2. The SMILES string of the molecule is CC(C)(Cc1cccc(F)c1)c1nc(CC(=O)O)cs1. The van der Waals surface area contributed by atoms with Crippen molar-refractivity contribution in [1.82, 2.24) is 4.98 Å². The number of aliphatic carboxylic acids is 1. The Morgan fingerprint density at radius 3 is 2.85 bits per heavy atom. The summed E-state index contributed by atoms with van der Waals surface area (Å²) in [5.41, 5.74) is 1.23. The third-order valence-corrected chi connectivity index (χ3v) is 4.26. The quantitative estimate of drug-likeness (QED) is 0.919. The lowest BCUT2D eigenvalue weighted by Gasteiger charge is -2.22. The second-order valence-corrected chi connectivity index (χ2v) is 6.26. The number of carbonyl (C=O) groups is 1. The standard InChI is InChI=1S/C15H16FNO2S/c1-15(2,8-10-4-3-5-11(16)6-10)14-17-12(9-20-14)7-13(18)19/h3-6,9H,7-8H2,1-2H3,(H,18,19). The van der Waals surface area contributed by atoms with Crippen LogP contribution in [0.4, 0.5) is 4.39 Å². The van der Waals surface area contributed by atoms with E-state index >= 15 is 0 Å². The number of carboxylic acids is 1. The number of hydrogen-bond donors (Lipinski definition) is 1. The van der Waals surface area contributed by atoms with E-state index in [0.29, 0.717) is 12.1 Å². The maximum absolute atomic E-state index is 13.2. The van der Waals surface area contributed by atoms with Gasteiger partial charge in [0, 0.05) is 10.8 Å². The number of rotatable bonds is 5. The first kappa shape index (κ1) is 14.7. The molecule has 0 aliphatic rings. The van der Waals surface area contributed by atoms with Crippen molar-refractivity contribution in [2.24, 2.45) is 0 Å². The molecule has 1 N–H and O–H groups in total. The maximum Gasteiger partial charge on any atom is 0.309 e. The van der Waals surface area contributed by atoms with E-state index < -0.39 is 5.97 Å². The summed E-state index contributed by atoms with van der Waals surface area (Å²) in [5.74, 6) is -1.13. The van der Waals surface area contributed by atoms with Crippen LogP contribution in [0, 0.1) is 5.82 Å². The Bertz CT molecular complexity index is 622. The van der Waals surface area contributed by atoms with Gasteiger partial charge in [0.2, 0.25) is 0 Å². The monoisotopic (exact) mass is 293 g/mol. The Morgan fingerprint density at radius 2 is 2.20 bits per heavy atom. The second-order valence-electron chi connectivity index (χ2n) is 5.41. The highest BCUT2D eigenvalue weighted by atomic mass is 32.1. The minimum atomic E-state index is -0.884. The molecule has 0 saturated heterocycles. The normalized spacial score (nSPS) is 11.6. The zero-order valence-corrected chi connectivity index (χ0v) is 12.2. The van der Waals surface area contributed by atoms with Gasteiger partial charge in [0.05, 0.1) is 17.1 Å². The van der Waals surface area contributed by atoms with Gasteiger partial charge in [-0.25, -0.2) is 9.37 Å². The Labute approximate surface area is 121 Å². The van der Waals surface area contributed by atoms with Gasteiger partial charge in [-0.05, 0) is 24.1 Å². The number of thiazole rings is 1. The summed E-state index contributed by atoms with van der Waals surface area (Å²) in [6.45, 7) is 4.06. The molecule has 1 aromatic carbocycles. The molecule has 0 unspecified atom stereocenters. The van der Waals surface area contributed by atoms with Crippen LogP contribution >= 0.6 is 11.3 Å². The van der Waals surface area contributed by atoms with Gasteiger partial charge in [0.15, 0.2) is 0 Å². The first-order valence-electron chi connectivity index (χ1n) is 6.28. The largest absolute Gasteiger partial charge is 0.481 e. The van der Waals surface area contributed by atoms with Crippen molar-refractivity contribution in [1.29, 1.82) is 0 Å². The van der Waals surface area contributed by atoms with Crippen LogP contribution in [0.3, 0.4) is 0 Å². The van der Waals surface area contributed by atoms with E-state index in [1.807, 2.05) is 19.9 Å². The van der Waals surface area contributed by atoms with Gasteiger partial charge in [-0.1, -0.05) is 26.0 Å². The fourth-order valence-electron chi connectivity index (χ4n) is 2.09. The summed E-state index contributed by atoms with van der Waals surface area (Å²) < 4.78 is 13.2. The van der Waals surface area contributed by atoms with E-state index in [0.717, 1.165) is 10.6 Å². The van der Waals surface area contributed by atoms with E-state index in [9.17, 15) is 9.18 Å². The fourth-order valence-corrected chi connectivity index (χ4v) is 3.03. The van der Waals surface area contributed by atoms with Gasteiger partial charge in [-0.3, -0.25) is 4.79 Å². The van der Waals surface area contributed by atoms with Crippen LogP contribution in [0.2, 0.25) is 0 Å². The number of nitrogens with zero attached hydrogens (tertiary/aromatic N) is 1. The number of hydrogen-bond acceptors (Lipinski definition) is 3. The van der Waals surface area contributed by atoms with E-state index in [-0.39, 0.29) is 17.7 Å². The zero-order valence-electron chi connectivity index (χ0n) is 11.4. The molecule has 0 fully saturated rings. The summed E-state index contributed by atoms with van der Waals surface area (Å²) in [6, 6.07) is 6.52. The van der Waals surface area contributed by atoms with Crippen molar-refractivity contribution in [2.45, 2.75) is 32.1 Å². The van der Waals surface area contributed by atoms with Crippen LogP contribution in [0.5, 0.6) is 0 Å². The lowest BCUT2D eigenvalue weighted by Crippen LogP contribution is -2.20. The number of benzene rings is 1. The Hall–Kier alpha value is -1.75. The summed E-state index contributed by atoms with van der Waals surface area (Å²) in [7, 11) is 0. The minimum absolute atomic E-state index is 0.0630. The topological polar surface area (TPSA) is 50.2 Å². The smallest absolute Gasteiger partial charge is 0.309 e. The molecule has 0 amide bonds. The lowest BCUT2D eigenvalue weighted by atomic mass is 9.86. The van der Waals surface area contributed by atoms with E-state index in [2.05, 4.69) is 4.98 Å². The van der Waals surface area contributed by atoms with Crippen LogP contribution in [0.15, 0.2) is 29.6 Å². The second kappa shape index (κ2) is 5.71. The third kappa shape index (κ3) is 3.63. The molecule has 3 nitrogen and oxygen atoms in total. The highest BCUT2D eigenvalue weighted by molar-refractivity contribution is 7.09. The van der Waals surface area contributed by atoms with Crippen molar-refractivity contribution in [3.05, 3.63) is 51.7 Å². The van der Waals surface area contributed by atoms with Gasteiger partial charge in [0.1, 0.15) is 5.82 Å². The molecule has 2 rings (SSSR count). The first-order valence-corrected chi connectivity index (χ1v) is 7.16. The van der Waals surface area contributed by atoms with Crippen molar-refractivity contribution in [3.8, 4) is 0 Å². The molecule has 20 heavy (non-hydrogen) atoms. The molecule has 5 heteroatoms. The third-order valence-electron chi connectivity index (χ3n) is 3.00. The Morgan fingerprint density at radius 1 is 1.45 bits per heavy atom. The molecule has 0 aliphatic carbocycles. The summed E-state index contributed by atoms with van der Waals surface area (Å²) in [5, 5.41) is 11.4. The molecule has 0 bridgehead atoms. The summed E-state index contributed by atoms with van der Waals surface area (Å²) in [4.78, 5) is 15.1.